The molecule has 2 heterocycles. The first kappa shape index (κ1) is 11.7. The molecule has 0 radical (unpaired) electrons. The molecule has 17 heavy (non-hydrogen) atoms. The predicted octanol–water partition coefficient (Wildman–Crippen LogP) is 1.30. The average molecular weight is 241 g/mol. The van der Waals surface area contributed by atoms with Crippen LogP contribution >= 0.6 is 0 Å². The van der Waals surface area contributed by atoms with E-state index < -0.39 is 6.55 Å². The Labute approximate surface area is 97.1 Å². The zero-order chi connectivity index (χ0) is 12.3. The number of aryl methyl sites for hydroxylation is 1. The van der Waals surface area contributed by atoms with Crippen molar-refractivity contribution in [3.63, 3.8) is 0 Å². The van der Waals surface area contributed by atoms with Gasteiger partial charge in [0.2, 0.25) is 0 Å². The highest BCUT2D eigenvalue weighted by atomic mass is 19.3. The molecule has 0 saturated heterocycles. The van der Waals surface area contributed by atoms with E-state index >= 15 is 0 Å². The maximum atomic E-state index is 12.5. The number of alkyl halides is 2. The number of hydrogen-bond acceptors (Lipinski definition) is 3. The number of imidazole rings is 1. The minimum absolute atomic E-state index is 0.294. The van der Waals surface area contributed by atoms with E-state index in [9.17, 15) is 8.78 Å². The van der Waals surface area contributed by atoms with E-state index in [1.165, 1.54) is 12.4 Å². The molecule has 0 aliphatic carbocycles. The van der Waals surface area contributed by atoms with Gasteiger partial charge in [-0.1, -0.05) is 0 Å². The molecule has 0 spiro atoms. The highest BCUT2D eigenvalue weighted by Crippen LogP contribution is 2.12. The molecule has 0 fully saturated rings. The van der Waals surface area contributed by atoms with E-state index in [0.717, 1.165) is 10.3 Å². The Balaban J connectivity index is 1.90. The SMILES string of the molecule is Cn1nccc1CNCc1nccn1C(F)F. The number of nitrogens with one attached hydrogen (secondary N) is 1. The molecular weight excluding hydrogens is 228 g/mol. The van der Waals surface area contributed by atoms with Crippen LogP contribution < -0.4 is 5.32 Å². The summed E-state index contributed by atoms with van der Waals surface area (Å²) in [4.78, 5) is 3.88. The van der Waals surface area contributed by atoms with Crippen molar-refractivity contribution in [2.75, 3.05) is 0 Å². The lowest BCUT2D eigenvalue weighted by molar-refractivity contribution is 0.0666. The lowest BCUT2D eigenvalue weighted by atomic mass is 10.4. The molecule has 0 atom stereocenters. The van der Waals surface area contributed by atoms with Gasteiger partial charge in [-0.3, -0.25) is 9.25 Å². The first-order valence-corrected chi connectivity index (χ1v) is 5.16. The van der Waals surface area contributed by atoms with Crippen molar-refractivity contribution in [2.45, 2.75) is 19.6 Å². The van der Waals surface area contributed by atoms with Crippen LogP contribution in [0.4, 0.5) is 8.78 Å². The highest BCUT2D eigenvalue weighted by Gasteiger charge is 2.10. The van der Waals surface area contributed by atoms with E-state index in [4.69, 9.17) is 0 Å². The van der Waals surface area contributed by atoms with Crippen molar-refractivity contribution in [2.24, 2.45) is 7.05 Å². The van der Waals surface area contributed by atoms with Crippen molar-refractivity contribution in [3.05, 3.63) is 36.2 Å². The molecule has 0 aliphatic rings. The van der Waals surface area contributed by atoms with Crippen LogP contribution in [0.25, 0.3) is 0 Å². The van der Waals surface area contributed by atoms with Crippen molar-refractivity contribution in [1.82, 2.24) is 24.6 Å². The summed E-state index contributed by atoms with van der Waals surface area (Å²) >= 11 is 0. The summed E-state index contributed by atoms with van der Waals surface area (Å²) in [6, 6.07) is 1.87. The quantitative estimate of drug-likeness (QED) is 0.858. The van der Waals surface area contributed by atoms with Gasteiger partial charge < -0.3 is 5.32 Å². The molecule has 2 aromatic rings. The molecule has 2 aromatic heterocycles. The molecule has 0 saturated carbocycles. The molecular formula is C10H13F2N5. The summed E-state index contributed by atoms with van der Waals surface area (Å²) in [5.74, 6) is 0.321. The summed E-state index contributed by atoms with van der Waals surface area (Å²) in [7, 11) is 1.83. The molecule has 0 bridgehead atoms. The lowest BCUT2D eigenvalue weighted by Gasteiger charge is -2.07. The number of halogens is 2. The van der Waals surface area contributed by atoms with Gasteiger partial charge in [-0.25, -0.2) is 4.98 Å². The summed E-state index contributed by atoms with van der Waals surface area (Å²) in [6.45, 7) is -1.69. The molecule has 7 heteroatoms. The Morgan fingerprint density at radius 1 is 1.35 bits per heavy atom. The summed E-state index contributed by atoms with van der Waals surface area (Å²) in [5, 5.41) is 7.06. The van der Waals surface area contributed by atoms with Gasteiger partial charge in [0.25, 0.3) is 0 Å². The number of aromatic nitrogens is 4. The standard InChI is InChI=1S/C10H13F2N5/c1-16-8(2-3-15-16)6-13-7-9-14-4-5-17(9)10(11)12/h2-5,10,13H,6-7H2,1H3. The minimum atomic E-state index is -2.55. The maximum absolute atomic E-state index is 12.5. The van der Waals surface area contributed by atoms with Gasteiger partial charge in [0, 0.05) is 32.2 Å². The first-order chi connectivity index (χ1) is 8.18. The Kier molecular flexibility index (Phi) is 3.48. The van der Waals surface area contributed by atoms with Gasteiger partial charge in [-0.2, -0.15) is 13.9 Å². The smallest absolute Gasteiger partial charge is 0.304 e. The van der Waals surface area contributed by atoms with Crippen molar-refractivity contribution in [3.8, 4) is 0 Å². The fraction of sp³-hybridized carbons (Fsp3) is 0.400. The van der Waals surface area contributed by atoms with Crippen LogP contribution in [0.1, 0.15) is 18.1 Å². The third-order valence-corrected chi connectivity index (χ3v) is 2.47. The van der Waals surface area contributed by atoms with Gasteiger partial charge in [0.05, 0.1) is 12.2 Å². The number of nitrogens with zero attached hydrogens (tertiary/aromatic N) is 4. The number of rotatable bonds is 5. The average Bonchev–Trinajstić information content (AvgIpc) is 2.88. The minimum Gasteiger partial charge on any atom is -0.304 e. The van der Waals surface area contributed by atoms with E-state index in [0.29, 0.717) is 18.9 Å². The van der Waals surface area contributed by atoms with Crippen LogP contribution in [-0.4, -0.2) is 19.3 Å². The molecule has 0 amide bonds. The largest absolute Gasteiger partial charge is 0.319 e. The second kappa shape index (κ2) is 5.05. The molecule has 1 N–H and O–H groups in total. The summed E-state index contributed by atoms with van der Waals surface area (Å²) < 4.78 is 27.6. The fourth-order valence-electron chi connectivity index (χ4n) is 1.54. The molecule has 0 aliphatic heterocycles. The van der Waals surface area contributed by atoms with Gasteiger partial charge in [-0.05, 0) is 6.07 Å². The van der Waals surface area contributed by atoms with Crippen LogP contribution in [-0.2, 0) is 20.1 Å². The Bertz CT molecular complexity index is 477. The van der Waals surface area contributed by atoms with Gasteiger partial charge >= 0.3 is 6.55 Å². The fourth-order valence-corrected chi connectivity index (χ4v) is 1.54. The monoisotopic (exact) mass is 241 g/mol. The molecule has 92 valence electrons. The second-order valence-corrected chi connectivity index (χ2v) is 3.58. The number of hydrogen-bond donors (Lipinski definition) is 1. The lowest BCUT2D eigenvalue weighted by Crippen LogP contribution is -2.18. The zero-order valence-electron chi connectivity index (χ0n) is 9.35. The van der Waals surface area contributed by atoms with E-state index in [1.54, 1.807) is 10.9 Å². The molecule has 0 aromatic carbocycles. The summed E-state index contributed by atoms with van der Waals surface area (Å²) in [5.41, 5.74) is 0.986. The molecule has 5 nitrogen and oxygen atoms in total. The second-order valence-electron chi connectivity index (χ2n) is 3.58. The zero-order valence-corrected chi connectivity index (χ0v) is 9.35. The van der Waals surface area contributed by atoms with Gasteiger partial charge in [-0.15, -0.1) is 0 Å². The van der Waals surface area contributed by atoms with E-state index in [2.05, 4.69) is 15.4 Å². The predicted molar refractivity (Wildman–Crippen MR) is 57.2 cm³/mol. The van der Waals surface area contributed by atoms with E-state index in [-0.39, 0.29) is 0 Å². The van der Waals surface area contributed by atoms with Crippen LogP contribution in [0.2, 0.25) is 0 Å². The van der Waals surface area contributed by atoms with E-state index in [1.807, 2.05) is 13.1 Å². The van der Waals surface area contributed by atoms with Gasteiger partial charge in [0.1, 0.15) is 5.82 Å². The topological polar surface area (TPSA) is 47.7 Å². The van der Waals surface area contributed by atoms with Crippen LogP contribution in [0.15, 0.2) is 24.7 Å². The summed E-state index contributed by atoms with van der Waals surface area (Å²) in [6.07, 6.45) is 4.33. The van der Waals surface area contributed by atoms with Crippen molar-refractivity contribution in [1.29, 1.82) is 0 Å². The Morgan fingerprint density at radius 2 is 2.18 bits per heavy atom. The van der Waals surface area contributed by atoms with Crippen LogP contribution in [0, 0.1) is 0 Å². The Hall–Kier alpha value is -1.76. The van der Waals surface area contributed by atoms with Crippen molar-refractivity contribution < 1.29 is 8.78 Å². The third kappa shape index (κ3) is 2.68. The third-order valence-electron chi connectivity index (χ3n) is 2.47. The maximum Gasteiger partial charge on any atom is 0.319 e. The normalized spacial score (nSPS) is 11.3. The Morgan fingerprint density at radius 3 is 2.82 bits per heavy atom. The first-order valence-electron chi connectivity index (χ1n) is 5.16. The molecule has 2 rings (SSSR count). The van der Waals surface area contributed by atoms with Crippen molar-refractivity contribution >= 4 is 0 Å². The molecule has 0 unspecified atom stereocenters. The van der Waals surface area contributed by atoms with Gasteiger partial charge in [0.15, 0.2) is 0 Å². The highest BCUT2D eigenvalue weighted by molar-refractivity contribution is 5.00. The van der Waals surface area contributed by atoms with Crippen LogP contribution in [0.5, 0.6) is 0 Å². The van der Waals surface area contributed by atoms with Crippen LogP contribution in [0.3, 0.4) is 0 Å².